The summed E-state index contributed by atoms with van der Waals surface area (Å²) in [6, 6.07) is 33.3. The van der Waals surface area contributed by atoms with E-state index in [1.807, 2.05) is 0 Å². The van der Waals surface area contributed by atoms with Gasteiger partial charge >= 0.3 is 0 Å². The Balaban J connectivity index is 0.00000320. The maximum atomic E-state index is 2.84. The van der Waals surface area contributed by atoms with Gasteiger partial charge in [-0.05, 0) is 35.7 Å². The average Bonchev–Trinajstić information content (AvgIpc) is 2.80. The van der Waals surface area contributed by atoms with Crippen molar-refractivity contribution < 1.29 is 0 Å². The van der Waals surface area contributed by atoms with Gasteiger partial charge in [0.05, 0.1) is 0 Å². The first-order chi connectivity index (χ1) is 14.4. The second-order valence-corrected chi connectivity index (χ2v) is 8.59. The largest absolute Gasteiger partial charge is 0.138 e. The van der Waals surface area contributed by atoms with Gasteiger partial charge in [0, 0.05) is 5.41 Å². The predicted octanol–water partition coefficient (Wildman–Crippen LogP) is 8.63. The van der Waals surface area contributed by atoms with Crippen molar-refractivity contribution in [2.75, 3.05) is 6.16 Å². The molecule has 3 rings (SSSR count). The van der Waals surface area contributed by atoms with E-state index in [1.54, 1.807) is 0 Å². The summed E-state index contributed by atoms with van der Waals surface area (Å²) in [4.78, 5) is 0. The van der Waals surface area contributed by atoms with E-state index in [2.05, 4.69) is 100 Å². The number of hydrogen-bond donors (Lipinski definition) is 0. The third kappa shape index (κ3) is 6.66. The van der Waals surface area contributed by atoms with Crippen molar-refractivity contribution in [1.29, 1.82) is 0 Å². The van der Waals surface area contributed by atoms with Crippen LogP contribution in [0.2, 0.25) is 0 Å². The van der Waals surface area contributed by atoms with Crippen LogP contribution in [0.3, 0.4) is 0 Å². The van der Waals surface area contributed by atoms with Gasteiger partial charge in [0.2, 0.25) is 0 Å². The maximum absolute atomic E-state index is 2.84. The molecule has 0 aliphatic carbocycles. The Hall–Kier alpha value is -1.18. The molecule has 0 aliphatic rings. The van der Waals surface area contributed by atoms with Crippen molar-refractivity contribution in [1.82, 2.24) is 0 Å². The van der Waals surface area contributed by atoms with Crippen LogP contribution >= 0.6 is 33.2 Å². The maximum Gasteiger partial charge on any atom is 0.0451 e. The first kappa shape index (κ1) is 25.1. The van der Waals surface area contributed by atoms with E-state index in [0.717, 1.165) is 6.42 Å². The Kier molecular flexibility index (Phi) is 11.7. The molecule has 0 amide bonds. The molecule has 160 valence electrons. The zero-order chi connectivity index (χ0) is 20.2. The third-order valence-electron chi connectivity index (χ3n) is 6.06. The molecular weight excluding hydrogens is 494 g/mol. The van der Waals surface area contributed by atoms with Gasteiger partial charge < -0.3 is 0 Å². The molecule has 1 unspecified atom stereocenters. The Labute approximate surface area is 203 Å². The summed E-state index contributed by atoms with van der Waals surface area (Å²) in [5.41, 5.74) is 4.12. The highest BCUT2D eigenvalue weighted by Crippen LogP contribution is 2.43. The minimum atomic E-state index is -0.0801. The lowest BCUT2D eigenvalue weighted by molar-refractivity contribution is 0.497. The molecule has 0 bridgehead atoms. The fourth-order valence-corrected chi connectivity index (χ4v) is 4.81. The van der Waals surface area contributed by atoms with Gasteiger partial charge in [-0.3, -0.25) is 0 Å². The van der Waals surface area contributed by atoms with E-state index in [1.165, 1.54) is 67.8 Å². The lowest BCUT2D eigenvalue weighted by Gasteiger charge is -2.36. The predicted molar refractivity (Wildman–Crippen MR) is 146 cm³/mol. The molecule has 3 aromatic rings. The SMILES string of the molecule is I.PCCCCCCCCCC(c1ccccc1)(c1ccccc1)c1ccccc1. The number of benzene rings is 3. The molecule has 0 nitrogen and oxygen atoms in total. The van der Waals surface area contributed by atoms with Crippen LogP contribution in [0.25, 0.3) is 0 Å². The summed E-state index contributed by atoms with van der Waals surface area (Å²) in [6.45, 7) is 0. The van der Waals surface area contributed by atoms with Gasteiger partial charge in [0.25, 0.3) is 0 Å². The van der Waals surface area contributed by atoms with E-state index >= 15 is 0 Å². The molecule has 0 saturated carbocycles. The summed E-state index contributed by atoms with van der Waals surface area (Å²) in [5, 5.41) is 0. The molecule has 0 aliphatic heterocycles. The van der Waals surface area contributed by atoms with Gasteiger partial charge in [-0.25, -0.2) is 0 Å². The van der Waals surface area contributed by atoms with E-state index in [9.17, 15) is 0 Å². The van der Waals surface area contributed by atoms with Gasteiger partial charge in [-0.2, -0.15) is 0 Å². The molecule has 0 fully saturated rings. The summed E-state index contributed by atoms with van der Waals surface area (Å²) in [6.07, 6.45) is 11.8. The molecule has 3 aromatic carbocycles. The highest BCUT2D eigenvalue weighted by molar-refractivity contribution is 14.0. The van der Waals surface area contributed by atoms with Crippen LogP contribution in [0.1, 0.15) is 68.1 Å². The van der Waals surface area contributed by atoms with Gasteiger partial charge in [-0.15, -0.1) is 33.2 Å². The van der Waals surface area contributed by atoms with Crippen molar-refractivity contribution >= 4 is 33.2 Å². The number of halogens is 1. The highest BCUT2D eigenvalue weighted by atomic mass is 127. The van der Waals surface area contributed by atoms with Crippen LogP contribution in [-0.4, -0.2) is 6.16 Å². The first-order valence-corrected chi connectivity index (χ1v) is 12.1. The van der Waals surface area contributed by atoms with Crippen molar-refractivity contribution in [3.8, 4) is 0 Å². The van der Waals surface area contributed by atoms with Crippen LogP contribution in [0.4, 0.5) is 0 Å². The normalized spacial score (nSPS) is 11.1. The van der Waals surface area contributed by atoms with E-state index in [0.29, 0.717) is 0 Å². The smallest absolute Gasteiger partial charge is 0.0451 e. The van der Waals surface area contributed by atoms with Crippen LogP contribution in [0.15, 0.2) is 91.0 Å². The Bertz CT molecular complexity index is 705. The molecule has 0 heterocycles. The van der Waals surface area contributed by atoms with Crippen molar-refractivity contribution in [2.45, 2.75) is 56.8 Å². The third-order valence-corrected chi connectivity index (χ3v) is 6.46. The first-order valence-electron chi connectivity index (χ1n) is 11.2. The van der Waals surface area contributed by atoms with Gasteiger partial charge in [0.15, 0.2) is 0 Å². The molecule has 0 radical (unpaired) electrons. The van der Waals surface area contributed by atoms with Crippen LogP contribution in [-0.2, 0) is 5.41 Å². The fraction of sp³-hybridized carbons (Fsp3) is 0.357. The number of unbranched alkanes of at least 4 members (excludes halogenated alkanes) is 6. The minimum Gasteiger partial charge on any atom is -0.138 e. The summed E-state index contributed by atoms with van der Waals surface area (Å²) >= 11 is 0. The van der Waals surface area contributed by atoms with E-state index < -0.39 is 0 Å². The summed E-state index contributed by atoms with van der Waals surface area (Å²) in [7, 11) is 2.84. The topological polar surface area (TPSA) is 0 Å². The molecule has 0 saturated heterocycles. The fourth-order valence-electron chi connectivity index (χ4n) is 4.52. The molecule has 0 aromatic heterocycles. The van der Waals surface area contributed by atoms with Gasteiger partial charge in [0.1, 0.15) is 0 Å². The second-order valence-electron chi connectivity index (χ2n) is 8.02. The van der Waals surface area contributed by atoms with Crippen LogP contribution in [0, 0.1) is 0 Å². The monoisotopic (exact) mass is 530 g/mol. The standard InChI is InChI=1S/C28H35P.HI/c29-24-16-5-3-1-2-4-15-23-28(25-17-9-6-10-18-25,26-19-11-7-12-20-26)27-21-13-8-14-22-27;/h6-14,17-22H,1-5,15-16,23-24,29H2;1H. The lowest BCUT2D eigenvalue weighted by atomic mass is 9.66. The van der Waals surface area contributed by atoms with Crippen molar-refractivity contribution in [3.63, 3.8) is 0 Å². The molecule has 0 N–H and O–H groups in total. The average molecular weight is 530 g/mol. The molecule has 1 atom stereocenters. The summed E-state index contributed by atoms with van der Waals surface area (Å²) < 4.78 is 0. The van der Waals surface area contributed by atoms with Crippen molar-refractivity contribution in [3.05, 3.63) is 108 Å². The van der Waals surface area contributed by atoms with Crippen molar-refractivity contribution in [2.24, 2.45) is 0 Å². The molecule has 30 heavy (non-hydrogen) atoms. The van der Waals surface area contributed by atoms with Gasteiger partial charge in [-0.1, -0.05) is 130 Å². The summed E-state index contributed by atoms with van der Waals surface area (Å²) in [5.74, 6) is 0. The quantitative estimate of drug-likeness (QED) is 0.0952. The second kappa shape index (κ2) is 14.0. The Morgan fingerprint density at radius 3 is 1.17 bits per heavy atom. The van der Waals surface area contributed by atoms with E-state index in [4.69, 9.17) is 0 Å². The van der Waals surface area contributed by atoms with Crippen LogP contribution in [0.5, 0.6) is 0 Å². The molecular formula is C28H36IP. The lowest BCUT2D eigenvalue weighted by Crippen LogP contribution is -2.29. The number of hydrogen-bond acceptors (Lipinski definition) is 0. The van der Waals surface area contributed by atoms with Crippen LogP contribution < -0.4 is 0 Å². The Morgan fingerprint density at radius 1 is 0.467 bits per heavy atom. The minimum absolute atomic E-state index is 0. The molecule has 2 heteroatoms. The molecule has 0 spiro atoms. The Morgan fingerprint density at radius 2 is 0.800 bits per heavy atom. The highest BCUT2D eigenvalue weighted by Gasteiger charge is 2.35. The zero-order valence-corrected chi connectivity index (χ0v) is 21.5. The number of rotatable bonds is 12. The van der Waals surface area contributed by atoms with E-state index in [-0.39, 0.29) is 29.4 Å². The zero-order valence-electron chi connectivity index (χ0n) is 18.0.